The van der Waals surface area contributed by atoms with Crippen LogP contribution in [0.25, 0.3) is 0 Å². The van der Waals surface area contributed by atoms with Crippen molar-refractivity contribution in [2.75, 3.05) is 12.4 Å². The number of nitriles is 1. The van der Waals surface area contributed by atoms with Crippen molar-refractivity contribution >= 4 is 40.3 Å². The van der Waals surface area contributed by atoms with Gasteiger partial charge in [0, 0.05) is 4.88 Å². The van der Waals surface area contributed by atoms with Gasteiger partial charge in [0.05, 0.1) is 24.5 Å². The zero-order valence-corrected chi connectivity index (χ0v) is 16.5. The SMILES string of the molecule is COC(=O)c1ccc(/C=N/NC(=O)C(=O)Nc2sc3c(c2C#N)CCCC3)cc1. The molecule has 1 aromatic carbocycles. The molecule has 2 amide bonds. The molecule has 0 bridgehead atoms. The predicted octanol–water partition coefficient (Wildman–Crippen LogP) is 2.37. The van der Waals surface area contributed by atoms with Gasteiger partial charge in [0.15, 0.2) is 0 Å². The number of fused-ring (bicyclic) bond motifs is 1. The molecule has 0 aliphatic heterocycles. The number of methoxy groups -OCH3 is 1. The predicted molar refractivity (Wildman–Crippen MR) is 108 cm³/mol. The summed E-state index contributed by atoms with van der Waals surface area (Å²) in [6.07, 6.45) is 5.12. The van der Waals surface area contributed by atoms with Gasteiger partial charge in [0.1, 0.15) is 11.1 Å². The Morgan fingerprint density at radius 3 is 2.59 bits per heavy atom. The molecule has 1 aromatic heterocycles. The van der Waals surface area contributed by atoms with E-state index >= 15 is 0 Å². The van der Waals surface area contributed by atoms with Crippen molar-refractivity contribution in [1.29, 1.82) is 5.26 Å². The summed E-state index contributed by atoms with van der Waals surface area (Å²) in [6, 6.07) is 8.49. The van der Waals surface area contributed by atoms with Crippen molar-refractivity contribution in [3.05, 3.63) is 51.4 Å². The lowest BCUT2D eigenvalue weighted by atomic mass is 9.96. The maximum absolute atomic E-state index is 12.1. The third-order valence-corrected chi connectivity index (χ3v) is 5.64. The number of hydrazone groups is 1. The van der Waals surface area contributed by atoms with Crippen molar-refractivity contribution in [2.24, 2.45) is 5.10 Å². The molecule has 0 spiro atoms. The highest BCUT2D eigenvalue weighted by molar-refractivity contribution is 7.16. The lowest BCUT2D eigenvalue weighted by molar-refractivity contribution is -0.136. The second-order valence-electron chi connectivity index (χ2n) is 6.29. The summed E-state index contributed by atoms with van der Waals surface area (Å²) in [5.74, 6) is -2.29. The summed E-state index contributed by atoms with van der Waals surface area (Å²) in [7, 11) is 1.29. The van der Waals surface area contributed by atoms with Crippen molar-refractivity contribution in [3.63, 3.8) is 0 Å². The van der Waals surface area contributed by atoms with Crippen LogP contribution < -0.4 is 10.7 Å². The number of anilines is 1. The fourth-order valence-electron chi connectivity index (χ4n) is 2.97. The molecule has 148 valence electrons. The van der Waals surface area contributed by atoms with E-state index in [4.69, 9.17) is 0 Å². The van der Waals surface area contributed by atoms with Crippen molar-refractivity contribution < 1.29 is 19.1 Å². The Bertz CT molecular complexity index is 1020. The van der Waals surface area contributed by atoms with Crippen LogP contribution in [0.5, 0.6) is 0 Å². The van der Waals surface area contributed by atoms with Crippen LogP contribution in [0.3, 0.4) is 0 Å². The molecule has 8 nitrogen and oxygen atoms in total. The number of hydrogen-bond donors (Lipinski definition) is 2. The topological polar surface area (TPSA) is 121 Å². The minimum atomic E-state index is -0.942. The number of carbonyl (C=O) groups is 3. The third kappa shape index (κ3) is 4.67. The fourth-order valence-corrected chi connectivity index (χ4v) is 4.21. The Labute approximate surface area is 171 Å². The summed E-state index contributed by atoms with van der Waals surface area (Å²) < 4.78 is 4.61. The quantitative estimate of drug-likeness (QED) is 0.347. The summed E-state index contributed by atoms with van der Waals surface area (Å²) in [4.78, 5) is 36.6. The smallest absolute Gasteiger partial charge is 0.337 e. The molecule has 1 heterocycles. The zero-order valence-electron chi connectivity index (χ0n) is 15.7. The van der Waals surface area contributed by atoms with Gasteiger partial charge in [0.25, 0.3) is 0 Å². The van der Waals surface area contributed by atoms with E-state index in [-0.39, 0.29) is 0 Å². The van der Waals surface area contributed by atoms with Gasteiger partial charge in [-0.1, -0.05) is 12.1 Å². The standard InChI is InChI=1S/C20H18N4O4S/c1-28-20(27)13-8-6-12(7-9-13)11-22-24-18(26)17(25)23-19-15(10-21)14-4-2-3-5-16(14)29-19/h6-9,11H,2-5H2,1H3,(H,23,25)(H,24,26)/b22-11+. The highest BCUT2D eigenvalue weighted by atomic mass is 32.1. The number of thiophene rings is 1. The minimum absolute atomic E-state index is 0.389. The number of esters is 1. The van der Waals surface area contributed by atoms with Gasteiger partial charge in [0.2, 0.25) is 0 Å². The van der Waals surface area contributed by atoms with E-state index in [2.05, 4.69) is 26.7 Å². The van der Waals surface area contributed by atoms with Crippen LogP contribution in [0.2, 0.25) is 0 Å². The fraction of sp³-hybridized carbons (Fsp3) is 0.250. The van der Waals surface area contributed by atoms with Crippen molar-refractivity contribution in [2.45, 2.75) is 25.7 Å². The highest BCUT2D eigenvalue weighted by Gasteiger charge is 2.23. The first-order valence-electron chi connectivity index (χ1n) is 8.91. The maximum Gasteiger partial charge on any atom is 0.337 e. The van der Waals surface area contributed by atoms with E-state index in [9.17, 15) is 19.6 Å². The first-order chi connectivity index (χ1) is 14.0. The van der Waals surface area contributed by atoms with Crippen molar-refractivity contribution in [3.8, 4) is 6.07 Å². The number of nitrogens with one attached hydrogen (secondary N) is 2. The molecule has 0 saturated heterocycles. The molecule has 3 rings (SSSR count). The van der Waals surface area contributed by atoms with Gasteiger partial charge in [-0.3, -0.25) is 9.59 Å². The molecule has 0 fully saturated rings. The van der Waals surface area contributed by atoms with Crippen LogP contribution >= 0.6 is 11.3 Å². The van der Waals surface area contributed by atoms with E-state index in [1.54, 1.807) is 24.3 Å². The molecule has 0 radical (unpaired) electrons. The second kappa shape index (κ2) is 9.12. The Morgan fingerprint density at radius 1 is 1.17 bits per heavy atom. The maximum atomic E-state index is 12.1. The van der Waals surface area contributed by atoms with Crippen LogP contribution in [0.1, 0.15) is 44.8 Å². The number of ether oxygens (including phenoxy) is 1. The Kier molecular flexibility index (Phi) is 6.36. The van der Waals surface area contributed by atoms with E-state index in [1.165, 1.54) is 24.7 Å². The Balaban J connectivity index is 1.59. The van der Waals surface area contributed by atoms with Crippen LogP contribution in [0, 0.1) is 11.3 Å². The average molecular weight is 410 g/mol. The largest absolute Gasteiger partial charge is 0.465 e. The molecule has 0 atom stereocenters. The first kappa shape index (κ1) is 20.2. The van der Waals surface area contributed by atoms with Crippen LogP contribution in [-0.2, 0) is 27.2 Å². The van der Waals surface area contributed by atoms with Crippen LogP contribution in [0.15, 0.2) is 29.4 Å². The van der Waals surface area contributed by atoms with Crippen molar-refractivity contribution in [1.82, 2.24) is 5.43 Å². The van der Waals surface area contributed by atoms with Gasteiger partial charge >= 0.3 is 17.8 Å². The summed E-state index contributed by atoms with van der Waals surface area (Å²) in [5.41, 5.74) is 4.58. The molecule has 9 heteroatoms. The number of aryl methyl sites for hydroxylation is 1. The molecule has 0 saturated carbocycles. The van der Waals surface area contributed by atoms with E-state index in [0.717, 1.165) is 36.1 Å². The normalized spacial score (nSPS) is 12.7. The minimum Gasteiger partial charge on any atom is -0.465 e. The Morgan fingerprint density at radius 2 is 1.90 bits per heavy atom. The molecule has 0 unspecified atom stereocenters. The van der Waals surface area contributed by atoms with Crippen LogP contribution in [0.4, 0.5) is 5.00 Å². The van der Waals surface area contributed by atoms with E-state index in [0.29, 0.717) is 21.7 Å². The monoisotopic (exact) mass is 410 g/mol. The van der Waals surface area contributed by atoms with E-state index in [1.807, 2.05) is 0 Å². The van der Waals surface area contributed by atoms with Gasteiger partial charge in [-0.2, -0.15) is 10.4 Å². The number of rotatable bonds is 4. The number of hydrogen-bond acceptors (Lipinski definition) is 7. The summed E-state index contributed by atoms with van der Waals surface area (Å²) in [6.45, 7) is 0. The molecule has 1 aliphatic carbocycles. The zero-order chi connectivity index (χ0) is 20.8. The number of amides is 2. The first-order valence-corrected chi connectivity index (χ1v) is 9.72. The number of carbonyl (C=O) groups excluding carboxylic acids is 3. The molecular formula is C20H18N4O4S. The Hall–Kier alpha value is -3.51. The lowest BCUT2D eigenvalue weighted by Crippen LogP contribution is -2.32. The average Bonchev–Trinajstić information content (AvgIpc) is 3.10. The summed E-state index contributed by atoms with van der Waals surface area (Å²) >= 11 is 1.35. The summed E-state index contributed by atoms with van der Waals surface area (Å²) in [5, 5.41) is 16.1. The molecule has 2 N–H and O–H groups in total. The third-order valence-electron chi connectivity index (χ3n) is 4.43. The lowest BCUT2D eigenvalue weighted by Gasteiger charge is -2.09. The second-order valence-corrected chi connectivity index (χ2v) is 7.40. The highest BCUT2D eigenvalue weighted by Crippen LogP contribution is 2.37. The molecule has 2 aromatic rings. The van der Waals surface area contributed by atoms with Gasteiger partial charge in [-0.25, -0.2) is 10.2 Å². The van der Waals surface area contributed by atoms with Gasteiger partial charge in [-0.15, -0.1) is 11.3 Å². The number of nitrogens with zero attached hydrogens (tertiary/aromatic N) is 2. The van der Waals surface area contributed by atoms with E-state index < -0.39 is 17.8 Å². The molecule has 1 aliphatic rings. The van der Waals surface area contributed by atoms with Gasteiger partial charge < -0.3 is 10.1 Å². The van der Waals surface area contributed by atoms with Crippen LogP contribution in [-0.4, -0.2) is 31.1 Å². The van der Waals surface area contributed by atoms with Gasteiger partial charge in [-0.05, 0) is 48.9 Å². The molecule has 29 heavy (non-hydrogen) atoms. The number of benzene rings is 1. The molecular weight excluding hydrogens is 392 g/mol.